The molecule has 1 amide bonds. The van der Waals surface area contributed by atoms with Gasteiger partial charge in [0.25, 0.3) is 0 Å². The van der Waals surface area contributed by atoms with E-state index < -0.39 is 27.7 Å². The van der Waals surface area contributed by atoms with Crippen molar-refractivity contribution in [3.05, 3.63) is 65.2 Å². The molecule has 0 bridgehead atoms. The normalized spacial score (nSPS) is 12.1. The first-order chi connectivity index (χ1) is 11.6. The zero-order chi connectivity index (χ0) is 18.7. The minimum Gasteiger partial charge on any atom is -0.366 e. The monoisotopic (exact) mass is 372 g/mol. The highest BCUT2D eigenvalue weighted by Crippen LogP contribution is 2.29. The number of carbonyl (C=O) groups excluding carboxylic acids is 1. The van der Waals surface area contributed by atoms with Crippen molar-refractivity contribution >= 4 is 15.9 Å². The summed E-state index contributed by atoms with van der Waals surface area (Å²) in [7, 11) is -3.79. The van der Waals surface area contributed by atoms with E-state index in [1.807, 2.05) is 0 Å². The van der Waals surface area contributed by atoms with Gasteiger partial charge in [-0.15, -0.1) is 0 Å². The minimum atomic E-state index is -4.41. The van der Waals surface area contributed by atoms with E-state index in [1.54, 1.807) is 0 Å². The molecule has 0 radical (unpaired) electrons. The van der Waals surface area contributed by atoms with Crippen molar-refractivity contribution in [3.8, 4) is 0 Å². The molecule has 0 saturated carbocycles. The van der Waals surface area contributed by atoms with Gasteiger partial charge in [-0.05, 0) is 48.4 Å². The smallest absolute Gasteiger partial charge is 0.366 e. The number of alkyl halides is 3. The number of nitrogens with one attached hydrogen (secondary N) is 1. The van der Waals surface area contributed by atoms with Gasteiger partial charge >= 0.3 is 6.18 Å². The van der Waals surface area contributed by atoms with Crippen molar-refractivity contribution in [2.45, 2.75) is 17.5 Å². The van der Waals surface area contributed by atoms with Crippen molar-refractivity contribution in [2.24, 2.45) is 5.73 Å². The van der Waals surface area contributed by atoms with Crippen LogP contribution < -0.4 is 10.5 Å². The molecule has 0 aliphatic rings. The van der Waals surface area contributed by atoms with Crippen LogP contribution in [0.4, 0.5) is 13.2 Å². The molecule has 25 heavy (non-hydrogen) atoms. The lowest BCUT2D eigenvalue weighted by Gasteiger charge is -2.09. The van der Waals surface area contributed by atoms with Crippen molar-refractivity contribution in [1.82, 2.24) is 4.72 Å². The maximum atomic E-state index is 12.5. The molecule has 2 rings (SSSR count). The fourth-order valence-corrected chi connectivity index (χ4v) is 3.10. The van der Waals surface area contributed by atoms with Crippen LogP contribution in [0.25, 0.3) is 0 Å². The number of carbonyl (C=O) groups is 1. The quantitative estimate of drug-likeness (QED) is 0.816. The Morgan fingerprint density at radius 2 is 1.56 bits per heavy atom. The summed E-state index contributed by atoms with van der Waals surface area (Å²) in [5, 5.41) is 0. The summed E-state index contributed by atoms with van der Waals surface area (Å²) in [5.74, 6) is -0.667. The largest absolute Gasteiger partial charge is 0.416 e. The van der Waals surface area contributed by atoms with Crippen LogP contribution in [0.5, 0.6) is 0 Å². The van der Waals surface area contributed by atoms with E-state index in [2.05, 4.69) is 4.72 Å². The third-order valence-corrected chi connectivity index (χ3v) is 4.91. The van der Waals surface area contributed by atoms with Gasteiger partial charge in [0.05, 0.1) is 10.5 Å². The second-order valence-corrected chi connectivity index (χ2v) is 7.00. The Labute approximate surface area is 142 Å². The average molecular weight is 372 g/mol. The third kappa shape index (κ3) is 5.04. The molecule has 2 aromatic rings. The van der Waals surface area contributed by atoms with Crippen LogP contribution in [0.3, 0.4) is 0 Å². The highest BCUT2D eigenvalue weighted by molar-refractivity contribution is 7.89. The van der Waals surface area contributed by atoms with Gasteiger partial charge in [0.2, 0.25) is 15.9 Å². The number of benzene rings is 2. The molecule has 3 N–H and O–H groups in total. The highest BCUT2D eigenvalue weighted by Gasteiger charge is 2.29. The summed E-state index contributed by atoms with van der Waals surface area (Å²) < 4.78 is 64.0. The van der Waals surface area contributed by atoms with Crippen LogP contribution in [0.15, 0.2) is 53.4 Å². The molecular weight excluding hydrogens is 357 g/mol. The number of rotatable bonds is 6. The summed E-state index contributed by atoms with van der Waals surface area (Å²) in [6, 6.07) is 9.61. The van der Waals surface area contributed by atoms with Crippen LogP contribution >= 0.6 is 0 Å². The van der Waals surface area contributed by atoms with Crippen LogP contribution in [0.1, 0.15) is 21.5 Å². The first kappa shape index (κ1) is 18.9. The number of amides is 1. The Hall–Kier alpha value is -2.39. The zero-order valence-electron chi connectivity index (χ0n) is 12.9. The van der Waals surface area contributed by atoms with Crippen molar-refractivity contribution in [3.63, 3.8) is 0 Å². The van der Waals surface area contributed by atoms with Gasteiger partial charge in [-0.2, -0.15) is 13.2 Å². The second-order valence-electron chi connectivity index (χ2n) is 5.23. The molecule has 134 valence electrons. The molecule has 5 nitrogen and oxygen atoms in total. The summed E-state index contributed by atoms with van der Waals surface area (Å²) in [4.78, 5) is 10.9. The molecule has 0 spiro atoms. The molecule has 0 aliphatic heterocycles. The predicted molar refractivity (Wildman–Crippen MR) is 85.3 cm³/mol. The van der Waals surface area contributed by atoms with Gasteiger partial charge in [0.15, 0.2) is 0 Å². The van der Waals surface area contributed by atoms with E-state index >= 15 is 0 Å². The fourth-order valence-electron chi connectivity index (χ4n) is 2.07. The van der Waals surface area contributed by atoms with Gasteiger partial charge < -0.3 is 5.73 Å². The first-order valence-corrected chi connectivity index (χ1v) is 8.63. The van der Waals surface area contributed by atoms with Gasteiger partial charge in [-0.1, -0.05) is 12.1 Å². The molecule has 0 heterocycles. The topological polar surface area (TPSA) is 89.3 Å². The van der Waals surface area contributed by atoms with Gasteiger partial charge in [-0.3, -0.25) is 4.79 Å². The molecule has 0 aromatic heterocycles. The minimum absolute atomic E-state index is 0.0191. The summed E-state index contributed by atoms with van der Waals surface area (Å²) in [6.45, 7) is 0.0191. The average Bonchev–Trinajstić information content (AvgIpc) is 2.54. The standard InChI is InChI=1S/C16H15F3N2O3S/c17-16(18,19)13-5-1-11(2-6-13)9-10-21-25(23,24)14-7-3-12(4-8-14)15(20)22/h1-8,21H,9-10H2,(H2,20,22). The summed E-state index contributed by atoms with van der Waals surface area (Å²) >= 11 is 0. The van der Waals surface area contributed by atoms with E-state index in [0.717, 1.165) is 12.1 Å². The molecule has 0 fully saturated rings. The lowest BCUT2D eigenvalue weighted by molar-refractivity contribution is -0.137. The second kappa shape index (κ2) is 7.24. The van der Waals surface area contributed by atoms with E-state index in [4.69, 9.17) is 5.73 Å². The summed E-state index contributed by atoms with van der Waals surface area (Å²) in [5.41, 5.74) is 5.08. The Morgan fingerprint density at radius 1 is 1.00 bits per heavy atom. The van der Waals surface area contributed by atoms with Crippen LogP contribution in [-0.4, -0.2) is 20.9 Å². The molecule has 0 aliphatic carbocycles. The number of halogens is 3. The highest BCUT2D eigenvalue weighted by atomic mass is 32.2. The van der Waals surface area contributed by atoms with E-state index in [-0.39, 0.29) is 23.4 Å². The number of nitrogens with two attached hydrogens (primary N) is 1. The van der Waals surface area contributed by atoms with E-state index in [1.165, 1.54) is 36.4 Å². The molecule has 0 saturated heterocycles. The number of primary amides is 1. The Bertz CT molecular complexity index is 846. The molecule has 9 heteroatoms. The lowest BCUT2D eigenvalue weighted by Crippen LogP contribution is -2.26. The van der Waals surface area contributed by atoms with E-state index in [0.29, 0.717) is 5.56 Å². The van der Waals surface area contributed by atoms with Crippen molar-refractivity contribution < 1.29 is 26.4 Å². The number of hydrogen-bond donors (Lipinski definition) is 2. The van der Waals surface area contributed by atoms with Crippen LogP contribution in [0, 0.1) is 0 Å². The first-order valence-electron chi connectivity index (χ1n) is 7.15. The van der Waals surface area contributed by atoms with Crippen LogP contribution in [0.2, 0.25) is 0 Å². The molecule has 0 atom stereocenters. The Morgan fingerprint density at radius 3 is 2.04 bits per heavy atom. The number of hydrogen-bond acceptors (Lipinski definition) is 3. The molecule has 2 aromatic carbocycles. The zero-order valence-corrected chi connectivity index (χ0v) is 13.7. The van der Waals surface area contributed by atoms with Gasteiger partial charge in [-0.25, -0.2) is 13.1 Å². The molecule has 0 unspecified atom stereocenters. The lowest BCUT2D eigenvalue weighted by atomic mass is 10.1. The SMILES string of the molecule is NC(=O)c1ccc(S(=O)(=O)NCCc2ccc(C(F)(F)F)cc2)cc1. The predicted octanol–water partition coefficient (Wildman–Crippen LogP) is 2.33. The fraction of sp³-hybridized carbons (Fsp3) is 0.188. The van der Waals surface area contributed by atoms with Crippen molar-refractivity contribution in [1.29, 1.82) is 0 Å². The maximum absolute atomic E-state index is 12.5. The van der Waals surface area contributed by atoms with E-state index in [9.17, 15) is 26.4 Å². The van der Waals surface area contributed by atoms with Gasteiger partial charge in [0.1, 0.15) is 0 Å². The van der Waals surface area contributed by atoms with Gasteiger partial charge in [0, 0.05) is 12.1 Å². The Kier molecular flexibility index (Phi) is 5.48. The third-order valence-electron chi connectivity index (χ3n) is 3.44. The Balaban J connectivity index is 1.97. The number of sulfonamides is 1. The summed E-state index contributed by atoms with van der Waals surface area (Å²) in [6.07, 6.45) is -4.17. The van der Waals surface area contributed by atoms with Crippen LogP contribution in [-0.2, 0) is 22.6 Å². The van der Waals surface area contributed by atoms with Crippen molar-refractivity contribution in [2.75, 3.05) is 6.54 Å². The maximum Gasteiger partial charge on any atom is 0.416 e. The molecular formula is C16H15F3N2O3S.